The lowest BCUT2D eigenvalue weighted by atomic mass is 10.1. The molecule has 0 atom stereocenters. The molecule has 1 N–H and O–H groups in total. The average Bonchev–Trinajstić information content (AvgIpc) is 2.38. The van der Waals surface area contributed by atoms with E-state index in [2.05, 4.69) is 17.9 Å². The van der Waals surface area contributed by atoms with Gasteiger partial charge in [0.15, 0.2) is 11.5 Å². The number of benzene rings is 1. The van der Waals surface area contributed by atoms with Gasteiger partial charge in [0.1, 0.15) is 13.2 Å². The van der Waals surface area contributed by atoms with Crippen LogP contribution in [0.15, 0.2) is 18.2 Å². The van der Waals surface area contributed by atoms with Crippen LogP contribution in [-0.2, 0) is 11.2 Å². The van der Waals surface area contributed by atoms with Crippen LogP contribution in [0.1, 0.15) is 5.56 Å². The molecule has 0 radical (unpaired) electrons. The number of carbonyl (C=O) groups is 1. The lowest BCUT2D eigenvalue weighted by molar-refractivity contribution is -0.118. The van der Waals surface area contributed by atoms with Gasteiger partial charge in [0.2, 0.25) is 5.91 Å². The number of fused-ring (bicyclic) bond motifs is 1. The minimum atomic E-state index is -0.0501. The zero-order valence-electron chi connectivity index (χ0n) is 9.44. The number of amides is 1. The van der Waals surface area contributed by atoms with Crippen LogP contribution >= 0.6 is 12.6 Å². The Morgan fingerprint density at radius 2 is 2.06 bits per heavy atom. The molecule has 0 unspecified atom stereocenters. The molecule has 1 aromatic carbocycles. The van der Waals surface area contributed by atoms with Crippen LogP contribution < -0.4 is 14.8 Å². The van der Waals surface area contributed by atoms with Gasteiger partial charge < -0.3 is 14.8 Å². The number of hydrogen-bond donors (Lipinski definition) is 2. The smallest absolute Gasteiger partial charge is 0.229 e. The van der Waals surface area contributed by atoms with Crippen LogP contribution in [0.4, 0.5) is 0 Å². The zero-order valence-corrected chi connectivity index (χ0v) is 10.3. The Labute approximate surface area is 106 Å². The van der Waals surface area contributed by atoms with E-state index in [-0.39, 0.29) is 11.7 Å². The quantitative estimate of drug-likeness (QED) is 0.788. The number of rotatable bonds is 4. The summed E-state index contributed by atoms with van der Waals surface area (Å²) in [5.74, 6) is 1.75. The Bertz CT molecular complexity index is 409. The summed E-state index contributed by atoms with van der Waals surface area (Å²) in [7, 11) is 0. The first-order valence-corrected chi connectivity index (χ1v) is 6.19. The van der Waals surface area contributed by atoms with Crippen LogP contribution in [0.25, 0.3) is 0 Å². The molecule has 0 spiro atoms. The molecule has 2 rings (SSSR count). The molecule has 1 aromatic rings. The normalized spacial score (nSPS) is 13.2. The van der Waals surface area contributed by atoms with Crippen LogP contribution in [0.2, 0.25) is 0 Å². The van der Waals surface area contributed by atoms with Gasteiger partial charge in [-0.25, -0.2) is 0 Å². The molecular formula is C12H15NO3S. The molecule has 5 heteroatoms. The van der Waals surface area contributed by atoms with Crippen molar-refractivity contribution in [2.45, 2.75) is 6.42 Å². The van der Waals surface area contributed by atoms with Crippen molar-refractivity contribution in [2.75, 3.05) is 25.5 Å². The molecule has 1 aliphatic rings. The topological polar surface area (TPSA) is 47.6 Å². The largest absolute Gasteiger partial charge is 0.486 e. The van der Waals surface area contributed by atoms with E-state index in [1.807, 2.05) is 18.2 Å². The van der Waals surface area contributed by atoms with Crippen molar-refractivity contribution in [1.29, 1.82) is 0 Å². The number of carbonyl (C=O) groups excluding carboxylic acids is 1. The highest BCUT2D eigenvalue weighted by Gasteiger charge is 2.11. The van der Waals surface area contributed by atoms with Gasteiger partial charge in [0, 0.05) is 6.54 Å². The zero-order chi connectivity index (χ0) is 12.1. The van der Waals surface area contributed by atoms with Crippen molar-refractivity contribution in [3.8, 4) is 11.5 Å². The van der Waals surface area contributed by atoms with Gasteiger partial charge in [-0.15, -0.1) is 0 Å². The van der Waals surface area contributed by atoms with Crippen molar-refractivity contribution >= 4 is 18.5 Å². The average molecular weight is 253 g/mol. The van der Waals surface area contributed by atoms with E-state index in [1.54, 1.807) is 0 Å². The molecule has 0 fully saturated rings. The van der Waals surface area contributed by atoms with E-state index < -0.39 is 0 Å². The second-order valence-electron chi connectivity index (χ2n) is 3.74. The highest BCUT2D eigenvalue weighted by molar-refractivity contribution is 7.81. The van der Waals surface area contributed by atoms with Gasteiger partial charge in [-0.3, -0.25) is 4.79 Å². The molecule has 0 bridgehead atoms. The predicted molar refractivity (Wildman–Crippen MR) is 68.0 cm³/mol. The fourth-order valence-corrected chi connectivity index (χ4v) is 1.76. The molecule has 1 aliphatic heterocycles. The molecule has 0 saturated carbocycles. The molecule has 4 nitrogen and oxygen atoms in total. The summed E-state index contributed by atoms with van der Waals surface area (Å²) in [5, 5.41) is 2.77. The first kappa shape index (κ1) is 12.1. The fourth-order valence-electron chi connectivity index (χ4n) is 1.65. The van der Waals surface area contributed by atoms with Crippen LogP contribution in [0.5, 0.6) is 11.5 Å². The molecule has 1 amide bonds. The van der Waals surface area contributed by atoms with E-state index in [0.717, 1.165) is 23.5 Å². The first-order chi connectivity index (χ1) is 8.29. The number of ether oxygens (including phenoxy) is 2. The van der Waals surface area contributed by atoms with Crippen LogP contribution in [-0.4, -0.2) is 31.4 Å². The van der Waals surface area contributed by atoms with Gasteiger partial charge in [-0.2, -0.15) is 12.6 Å². The maximum absolute atomic E-state index is 11.0. The van der Waals surface area contributed by atoms with E-state index in [1.165, 1.54) is 0 Å². The monoisotopic (exact) mass is 253 g/mol. The lowest BCUT2D eigenvalue weighted by Crippen LogP contribution is -2.26. The maximum Gasteiger partial charge on any atom is 0.229 e. The molecule has 1 heterocycles. The van der Waals surface area contributed by atoms with Crippen molar-refractivity contribution in [2.24, 2.45) is 0 Å². The fraction of sp³-hybridized carbons (Fsp3) is 0.417. The van der Waals surface area contributed by atoms with E-state index >= 15 is 0 Å². The van der Waals surface area contributed by atoms with Crippen molar-refractivity contribution in [1.82, 2.24) is 5.32 Å². The van der Waals surface area contributed by atoms with Crippen molar-refractivity contribution in [3.63, 3.8) is 0 Å². The van der Waals surface area contributed by atoms with Crippen LogP contribution in [0.3, 0.4) is 0 Å². The van der Waals surface area contributed by atoms with E-state index in [0.29, 0.717) is 19.8 Å². The molecule has 0 aliphatic carbocycles. The highest BCUT2D eigenvalue weighted by atomic mass is 32.1. The Hall–Kier alpha value is -1.36. The van der Waals surface area contributed by atoms with E-state index in [9.17, 15) is 4.79 Å². The van der Waals surface area contributed by atoms with Gasteiger partial charge in [0.25, 0.3) is 0 Å². The summed E-state index contributed by atoms with van der Waals surface area (Å²) >= 11 is 3.89. The third-order valence-electron chi connectivity index (χ3n) is 2.49. The number of hydrogen-bond acceptors (Lipinski definition) is 4. The third kappa shape index (κ3) is 3.30. The Morgan fingerprint density at radius 3 is 2.82 bits per heavy atom. The Balaban J connectivity index is 1.91. The molecule has 17 heavy (non-hydrogen) atoms. The molecule has 0 aromatic heterocycles. The second-order valence-corrected chi connectivity index (χ2v) is 4.05. The minimum Gasteiger partial charge on any atom is -0.486 e. The van der Waals surface area contributed by atoms with Gasteiger partial charge in [0.05, 0.1) is 5.75 Å². The van der Waals surface area contributed by atoms with Gasteiger partial charge >= 0.3 is 0 Å². The summed E-state index contributed by atoms with van der Waals surface area (Å²) in [6.07, 6.45) is 0.774. The number of thiol groups is 1. The summed E-state index contributed by atoms with van der Waals surface area (Å²) < 4.78 is 10.9. The van der Waals surface area contributed by atoms with Crippen LogP contribution in [0, 0.1) is 0 Å². The summed E-state index contributed by atoms with van der Waals surface area (Å²) in [6, 6.07) is 5.85. The number of nitrogens with one attached hydrogen (secondary N) is 1. The summed E-state index contributed by atoms with van der Waals surface area (Å²) in [4.78, 5) is 11.0. The van der Waals surface area contributed by atoms with Gasteiger partial charge in [-0.05, 0) is 24.1 Å². The standard InChI is InChI=1S/C12H15NO3S/c14-12(8-17)13-4-3-9-1-2-10-11(7-9)16-6-5-15-10/h1-2,7,17H,3-6,8H2,(H,13,14). The minimum absolute atomic E-state index is 0.0501. The first-order valence-electron chi connectivity index (χ1n) is 5.55. The van der Waals surface area contributed by atoms with Crippen molar-refractivity contribution in [3.05, 3.63) is 23.8 Å². The molecular weight excluding hydrogens is 238 g/mol. The SMILES string of the molecule is O=C(CS)NCCc1ccc2c(c1)OCCO2. The lowest BCUT2D eigenvalue weighted by Gasteiger charge is -2.18. The Morgan fingerprint density at radius 1 is 1.29 bits per heavy atom. The maximum atomic E-state index is 11.0. The van der Waals surface area contributed by atoms with E-state index in [4.69, 9.17) is 9.47 Å². The molecule has 0 saturated heterocycles. The predicted octanol–water partition coefficient (Wildman–Crippen LogP) is 1.05. The summed E-state index contributed by atoms with van der Waals surface area (Å²) in [5.41, 5.74) is 1.12. The summed E-state index contributed by atoms with van der Waals surface area (Å²) in [6.45, 7) is 1.80. The highest BCUT2D eigenvalue weighted by Crippen LogP contribution is 2.30. The van der Waals surface area contributed by atoms with Crippen molar-refractivity contribution < 1.29 is 14.3 Å². The third-order valence-corrected chi connectivity index (χ3v) is 2.77. The van der Waals surface area contributed by atoms with Gasteiger partial charge in [-0.1, -0.05) is 6.07 Å². The second kappa shape index (κ2) is 5.82. The Kier molecular flexibility index (Phi) is 4.14. The molecule has 92 valence electrons.